The van der Waals surface area contributed by atoms with Crippen molar-refractivity contribution in [1.29, 1.82) is 0 Å². The van der Waals surface area contributed by atoms with E-state index in [0.29, 0.717) is 22.6 Å². The number of carbonyl (C=O) groups excluding carboxylic acids is 1. The van der Waals surface area contributed by atoms with Gasteiger partial charge in [-0.1, -0.05) is 18.6 Å². The van der Waals surface area contributed by atoms with Gasteiger partial charge in [-0.05, 0) is 31.1 Å². The lowest BCUT2D eigenvalue weighted by Crippen LogP contribution is -2.13. The van der Waals surface area contributed by atoms with Crippen molar-refractivity contribution in [1.82, 2.24) is 14.8 Å². The summed E-state index contributed by atoms with van der Waals surface area (Å²) in [5, 5.41) is 22.8. The molecule has 10 heteroatoms. The van der Waals surface area contributed by atoms with Gasteiger partial charge in [-0.25, -0.2) is 0 Å². The highest BCUT2D eigenvalue weighted by Gasteiger charge is 2.20. The van der Waals surface area contributed by atoms with Gasteiger partial charge in [0.15, 0.2) is 12.6 Å². The summed E-state index contributed by atoms with van der Waals surface area (Å²) in [7, 11) is 0. The molecule has 1 aromatic heterocycles. The number of ether oxygens (including phenoxy) is 2. The Kier molecular flexibility index (Phi) is 6.05. The molecule has 10 nitrogen and oxygen atoms in total. The predicted molar refractivity (Wildman–Crippen MR) is 124 cm³/mol. The van der Waals surface area contributed by atoms with Crippen LogP contribution in [0.1, 0.15) is 36.2 Å². The van der Waals surface area contributed by atoms with Gasteiger partial charge < -0.3 is 19.4 Å². The van der Waals surface area contributed by atoms with E-state index < -0.39 is 4.92 Å². The largest absolute Gasteiger partial charge is 0.467 e. The summed E-state index contributed by atoms with van der Waals surface area (Å²) in [6.45, 7) is 1.15. The molecule has 0 fully saturated rings. The number of benzene rings is 2. The van der Waals surface area contributed by atoms with E-state index in [-0.39, 0.29) is 25.0 Å². The predicted octanol–water partition coefficient (Wildman–Crippen LogP) is 4.10. The minimum atomic E-state index is -0.483. The van der Waals surface area contributed by atoms with Gasteiger partial charge in [-0.15, -0.1) is 10.2 Å². The molecule has 0 bridgehead atoms. The number of nitro groups is 1. The molecule has 2 aliphatic rings. The normalized spacial score (nSPS) is 15.2. The zero-order valence-electron chi connectivity index (χ0n) is 18.4. The standard InChI is InChI=1S/C24H23N5O5/c30-22(9-8-16-12-20(29(31)32)13-18-14-33-15-34-23(16)18)25-19-6-4-5-17(11-19)24-27-26-21-7-2-1-3-10-28(21)24/h4-6,8-9,11-13H,1-3,7,10,14-15H2,(H,25,30)/b9-8+. The van der Waals surface area contributed by atoms with Gasteiger partial charge in [0.25, 0.3) is 5.69 Å². The van der Waals surface area contributed by atoms with Crippen LogP contribution in [0.25, 0.3) is 17.5 Å². The van der Waals surface area contributed by atoms with Crippen molar-refractivity contribution in [2.45, 2.75) is 38.8 Å². The van der Waals surface area contributed by atoms with Crippen molar-refractivity contribution < 1.29 is 19.2 Å². The lowest BCUT2D eigenvalue weighted by atomic mass is 10.1. The number of non-ortho nitro benzene ring substituents is 1. The van der Waals surface area contributed by atoms with Crippen LogP contribution >= 0.6 is 0 Å². The van der Waals surface area contributed by atoms with E-state index >= 15 is 0 Å². The fraction of sp³-hybridized carbons (Fsp3) is 0.292. The molecule has 34 heavy (non-hydrogen) atoms. The zero-order chi connectivity index (χ0) is 23.5. The number of carbonyl (C=O) groups is 1. The Morgan fingerprint density at radius 3 is 2.97 bits per heavy atom. The zero-order valence-corrected chi connectivity index (χ0v) is 18.4. The van der Waals surface area contributed by atoms with Crippen LogP contribution in [-0.4, -0.2) is 32.4 Å². The van der Waals surface area contributed by atoms with Crippen molar-refractivity contribution >= 4 is 23.4 Å². The molecule has 174 valence electrons. The van der Waals surface area contributed by atoms with Crippen LogP contribution in [0.3, 0.4) is 0 Å². The van der Waals surface area contributed by atoms with Crippen LogP contribution < -0.4 is 10.1 Å². The minimum absolute atomic E-state index is 0.0526. The molecule has 0 aliphatic carbocycles. The molecule has 3 heterocycles. The summed E-state index contributed by atoms with van der Waals surface area (Å²) in [6, 6.07) is 10.3. The number of hydrogen-bond acceptors (Lipinski definition) is 7. The third-order valence-electron chi connectivity index (χ3n) is 5.85. The number of rotatable bonds is 5. The lowest BCUT2D eigenvalue weighted by Gasteiger charge is -2.19. The Balaban J connectivity index is 1.35. The number of nitrogens with zero attached hydrogens (tertiary/aromatic N) is 4. The molecular formula is C24H23N5O5. The molecule has 2 aromatic carbocycles. The van der Waals surface area contributed by atoms with Crippen molar-refractivity contribution in [3.63, 3.8) is 0 Å². The summed E-state index contributed by atoms with van der Waals surface area (Å²) in [6.07, 6.45) is 7.15. The Labute approximate surface area is 195 Å². The lowest BCUT2D eigenvalue weighted by molar-refractivity contribution is -0.385. The molecule has 1 amide bonds. The maximum absolute atomic E-state index is 12.6. The van der Waals surface area contributed by atoms with Crippen LogP contribution in [0.2, 0.25) is 0 Å². The summed E-state index contributed by atoms with van der Waals surface area (Å²) >= 11 is 0. The Morgan fingerprint density at radius 1 is 1.18 bits per heavy atom. The minimum Gasteiger partial charge on any atom is -0.467 e. The van der Waals surface area contributed by atoms with Gasteiger partial charge >= 0.3 is 0 Å². The molecule has 5 rings (SSSR count). The monoisotopic (exact) mass is 461 g/mol. The number of nitrogens with one attached hydrogen (secondary N) is 1. The number of anilines is 1. The summed E-state index contributed by atoms with van der Waals surface area (Å²) in [5.74, 6) is 1.91. The smallest absolute Gasteiger partial charge is 0.270 e. The van der Waals surface area contributed by atoms with Crippen LogP contribution in [0.5, 0.6) is 5.75 Å². The second-order valence-electron chi connectivity index (χ2n) is 8.20. The second-order valence-corrected chi connectivity index (χ2v) is 8.20. The van der Waals surface area contributed by atoms with Gasteiger partial charge in [0.1, 0.15) is 11.6 Å². The van der Waals surface area contributed by atoms with Gasteiger partial charge in [0, 0.05) is 53.6 Å². The molecule has 0 saturated carbocycles. The number of amides is 1. The quantitative estimate of drug-likeness (QED) is 0.345. The Hall–Kier alpha value is -4.05. The highest BCUT2D eigenvalue weighted by atomic mass is 16.7. The van der Waals surface area contributed by atoms with Crippen LogP contribution in [0.15, 0.2) is 42.5 Å². The average Bonchev–Trinajstić information content (AvgIpc) is 3.10. The molecule has 1 N–H and O–H groups in total. The van der Waals surface area contributed by atoms with Crippen molar-refractivity contribution in [3.05, 3.63) is 69.5 Å². The average molecular weight is 461 g/mol. The number of aryl methyl sites for hydroxylation is 1. The summed E-state index contributed by atoms with van der Waals surface area (Å²) < 4.78 is 12.9. The first-order valence-electron chi connectivity index (χ1n) is 11.1. The maximum Gasteiger partial charge on any atom is 0.270 e. The summed E-state index contributed by atoms with van der Waals surface area (Å²) in [4.78, 5) is 23.4. The highest BCUT2D eigenvalue weighted by Crippen LogP contribution is 2.33. The topological polar surface area (TPSA) is 121 Å². The molecule has 3 aromatic rings. The third kappa shape index (κ3) is 4.53. The van der Waals surface area contributed by atoms with Crippen molar-refractivity contribution in [2.75, 3.05) is 12.1 Å². The molecule has 2 aliphatic heterocycles. The Morgan fingerprint density at radius 2 is 2.09 bits per heavy atom. The first-order chi connectivity index (χ1) is 16.6. The van der Waals surface area contributed by atoms with E-state index in [9.17, 15) is 14.9 Å². The van der Waals surface area contributed by atoms with E-state index in [1.807, 2.05) is 18.2 Å². The van der Waals surface area contributed by atoms with Crippen LogP contribution in [0.4, 0.5) is 11.4 Å². The van der Waals surface area contributed by atoms with Gasteiger partial charge in [-0.3, -0.25) is 14.9 Å². The molecule has 0 saturated heterocycles. The third-order valence-corrected chi connectivity index (χ3v) is 5.85. The van der Waals surface area contributed by atoms with Gasteiger partial charge in [-0.2, -0.15) is 0 Å². The molecule has 0 unspecified atom stereocenters. The number of hydrogen-bond donors (Lipinski definition) is 1. The molecule has 0 radical (unpaired) electrons. The van der Waals surface area contributed by atoms with Crippen LogP contribution in [-0.2, 0) is 29.1 Å². The highest BCUT2D eigenvalue weighted by molar-refractivity contribution is 6.02. The van der Waals surface area contributed by atoms with Gasteiger partial charge in [0.05, 0.1) is 11.5 Å². The van der Waals surface area contributed by atoms with Crippen molar-refractivity contribution in [3.8, 4) is 17.1 Å². The number of aromatic nitrogens is 3. The SMILES string of the molecule is O=C(/C=C/c1cc([N+](=O)[O-])cc2c1OCOC2)Nc1cccc(-c2nnc3n2CCCCC3)c1. The first kappa shape index (κ1) is 21.8. The molecule has 0 atom stereocenters. The van der Waals surface area contributed by atoms with E-state index in [2.05, 4.69) is 20.1 Å². The number of nitro benzene ring substituents is 1. The van der Waals surface area contributed by atoms with Crippen LogP contribution in [0, 0.1) is 10.1 Å². The fourth-order valence-electron chi connectivity index (χ4n) is 4.24. The second kappa shape index (κ2) is 9.44. The maximum atomic E-state index is 12.6. The van der Waals surface area contributed by atoms with E-state index in [4.69, 9.17) is 9.47 Å². The van der Waals surface area contributed by atoms with E-state index in [1.165, 1.54) is 30.7 Å². The summed E-state index contributed by atoms with van der Waals surface area (Å²) in [5.41, 5.74) is 2.42. The molecular weight excluding hydrogens is 438 g/mol. The van der Waals surface area contributed by atoms with E-state index in [0.717, 1.165) is 43.0 Å². The van der Waals surface area contributed by atoms with Crippen molar-refractivity contribution in [2.24, 2.45) is 0 Å². The van der Waals surface area contributed by atoms with E-state index in [1.54, 1.807) is 6.07 Å². The molecule has 0 spiro atoms. The first-order valence-corrected chi connectivity index (χ1v) is 11.1. The number of fused-ring (bicyclic) bond motifs is 2. The fourth-order valence-corrected chi connectivity index (χ4v) is 4.24. The van der Waals surface area contributed by atoms with Gasteiger partial charge in [0.2, 0.25) is 5.91 Å². The Bertz CT molecular complexity index is 1280.